The normalized spacial score (nSPS) is 13.1. The van der Waals surface area contributed by atoms with E-state index in [0.717, 1.165) is 24.3 Å². The second-order valence-corrected chi connectivity index (χ2v) is 6.20. The van der Waals surface area contributed by atoms with Crippen LogP contribution in [0, 0.1) is 6.92 Å². The fraction of sp³-hybridized carbons (Fsp3) is 0.444. The molecular formula is C18H28N6O2. The van der Waals surface area contributed by atoms with Crippen LogP contribution in [0.25, 0.3) is 0 Å². The molecule has 0 spiro atoms. The SMILES string of the molecule is Cc1ccccc1OCC(O)CNC(C)CCNc1ccc(NN)nn1. The molecule has 0 saturated carbocycles. The number of nitrogens with one attached hydrogen (secondary N) is 3. The monoisotopic (exact) mass is 360 g/mol. The second-order valence-electron chi connectivity index (χ2n) is 6.20. The molecule has 0 aliphatic rings. The molecule has 0 bridgehead atoms. The summed E-state index contributed by atoms with van der Waals surface area (Å²) < 4.78 is 5.66. The van der Waals surface area contributed by atoms with Crippen molar-refractivity contribution in [2.24, 2.45) is 5.84 Å². The molecule has 1 aromatic heterocycles. The Bertz CT molecular complexity index is 652. The molecule has 0 aliphatic carbocycles. The van der Waals surface area contributed by atoms with E-state index in [1.54, 1.807) is 6.07 Å². The van der Waals surface area contributed by atoms with Crippen LogP contribution < -0.4 is 26.6 Å². The molecule has 1 heterocycles. The van der Waals surface area contributed by atoms with Crippen molar-refractivity contribution in [3.8, 4) is 5.75 Å². The number of ether oxygens (including phenoxy) is 1. The van der Waals surface area contributed by atoms with Gasteiger partial charge in [-0.05, 0) is 44.0 Å². The van der Waals surface area contributed by atoms with E-state index in [-0.39, 0.29) is 12.6 Å². The molecule has 0 radical (unpaired) electrons. The maximum absolute atomic E-state index is 10.1. The number of aromatic nitrogens is 2. The summed E-state index contributed by atoms with van der Waals surface area (Å²) in [7, 11) is 0. The highest BCUT2D eigenvalue weighted by molar-refractivity contribution is 5.40. The zero-order valence-corrected chi connectivity index (χ0v) is 15.3. The van der Waals surface area contributed by atoms with Gasteiger partial charge in [-0.1, -0.05) is 18.2 Å². The van der Waals surface area contributed by atoms with Crippen LogP contribution in [0.4, 0.5) is 11.6 Å². The number of aliphatic hydroxyl groups is 1. The van der Waals surface area contributed by atoms with Crippen molar-refractivity contribution in [3.63, 3.8) is 0 Å². The van der Waals surface area contributed by atoms with Gasteiger partial charge in [0.25, 0.3) is 0 Å². The van der Waals surface area contributed by atoms with E-state index in [0.29, 0.717) is 18.2 Å². The first-order valence-electron chi connectivity index (χ1n) is 8.72. The lowest BCUT2D eigenvalue weighted by Gasteiger charge is -2.18. The summed E-state index contributed by atoms with van der Waals surface area (Å²) >= 11 is 0. The van der Waals surface area contributed by atoms with Crippen LogP contribution >= 0.6 is 0 Å². The van der Waals surface area contributed by atoms with E-state index < -0.39 is 6.10 Å². The Balaban J connectivity index is 1.60. The Kier molecular flexibility index (Phi) is 8.07. The van der Waals surface area contributed by atoms with Crippen molar-refractivity contribution in [3.05, 3.63) is 42.0 Å². The molecule has 142 valence electrons. The van der Waals surface area contributed by atoms with Crippen LogP contribution in [-0.2, 0) is 0 Å². The number of aryl methyl sites for hydroxylation is 1. The molecule has 2 unspecified atom stereocenters. The third kappa shape index (κ3) is 6.83. The van der Waals surface area contributed by atoms with Gasteiger partial charge in [0.05, 0.1) is 0 Å². The van der Waals surface area contributed by atoms with E-state index in [9.17, 15) is 5.11 Å². The molecular weight excluding hydrogens is 332 g/mol. The van der Waals surface area contributed by atoms with Crippen LogP contribution in [0.1, 0.15) is 18.9 Å². The Hall–Kier alpha value is -2.42. The van der Waals surface area contributed by atoms with Gasteiger partial charge >= 0.3 is 0 Å². The maximum Gasteiger partial charge on any atom is 0.162 e. The molecule has 2 rings (SSSR count). The van der Waals surface area contributed by atoms with Crippen molar-refractivity contribution in [1.29, 1.82) is 0 Å². The van der Waals surface area contributed by atoms with Gasteiger partial charge in [-0.15, -0.1) is 10.2 Å². The highest BCUT2D eigenvalue weighted by Crippen LogP contribution is 2.16. The maximum atomic E-state index is 10.1. The fourth-order valence-electron chi connectivity index (χ4n) is 2.32. The molecule has 6 N–H and O–H groups in total. The topological polar surface area (TPSA) is 117 Å². The Morgan fingerprint density at radius 1 is 1.15 bits per heavy atom. The average molecular weight is 360 g/mol. The Morgan fingerprint density at radius 2 is 1.88 bits per heavy atom. The molecule has 0 amide bonds. The zero-order valence-electron chi connectivity index (χ0n) is 15.3. The van der Waals surface area contributed by atoms with Gasteiger partial charge in [0.2, 0.25) is 0 Å². The Labute approximate surface area is 154 Å². The zero-order chi connectivity index (χ0) is 18.8. The van der Waals surface area contributed by atoms with Gasteiger partial charge in [-0.3, -0.25) is 0 Å². The number of nitrogens with two attached hydrogens (primary N) is 1. The second kappa shape index (κ2) is 10.5. The van der Waals surface area contributed by atoms with Crippen LogP contribution in [0.15, 0.2) is 36.4 Å². The van der Waals surface area contributed by atoms with E-state index in [1.165, 1.54) is 0 Å². The lowest BCUT2D eigenvalue weighted by molar-refractivity contribution is 0.103. The average Bonchev–Trinajstić information content (AvgIpc) is 2.66. The summed E-state index contributed by atoms with van der Waals surface area (Å²) in [5, 5.41) is 24.5. The highest BCUT2D eigenvalue weighted by Gasteiger charge is 2.09. The van der Waals surface area contributed by atoms with Crippen molar-refractivity contribution in [2.45, 2.75) is 32.4 Å². The first-order chi connectivity index (χ1) is 12.6. The summed E-state index contributed by atoms with van der Waals surface area (Å²) in [6.07, 6.45) is 0.316. The van der Waals surface area contributed by atoms with Crippen LogP contribution in [-0.4, -0.2) is 47.1 Å². The van der Waals surface area contributed by atoms with Crippen LogP contribution in [0.2, 0.25) is 0 Å². The molecule has 8 nitrogen and oxygen atoms in total. The summed E-state index contributed by atoms with van der Waals surface area (Å²) in [5.41, 5.74) is 3.49. The quantitative estimate of drug-likeness (QED) is 0.301. The molecule has 2 aromatic rings. The number of para-hydroxylation sites is 1. The minimum absolute atomic E-state index is 0.244. The van der Waals surface area contributed by atoms with Gasteiger partial charge < -0.3 is 25.9 Å². The number of nitrogen functional groups attached to an aromatic ring is 1. The first kappa shape index (κ1) is 19.9. The van der Waals surface area contributed by atoms with Gasteiger partial charge in [0.15, 0.2) is 5.82 Å². The molecule has 8 heteroatoms. The van der Waals surface area contributed by atoms with Gasteiger partial charge in [-0.2, -0.15) is 0 Å². The van der Waals surface area contributed by atoms with E-state index in [4.69, 9.17) is 10.6 Å². The molecule has 26 heavy (non-hydrogen) atoms. The largest absolute Gasteiger partial charge is 0.491 e. The number of nitrogens with zero attached hydrogens (tertiary/aromatic N) is 2. The minimum atomic E-state index is -0.563. The van der Waals surface area contributed by atoms with Crippen molar-refractivity contribution < 1.29 is 9.84 Å². The first-order valence-corrected chi connectivity index (χ1v) is 8.72. The van der Waals surface area contributed by atoms with Gasteiger partial charge in [0, 0.05) is 19.1 Å². The Morgan fingerprint density at radius 3 is 2.58 bits per heavy atom. The third-order valence-corrected chi connectivity index (χ3v) is 3.92. The fourth-order valence-corrected chi connectivity index (χ4v) is 2.32. The highest BCUT2D eigenvalue weighted by atomic mass is 16.5. The van der Waals surface area contributed by atoms with Crippen molar-refractivity contribution in [1.82, 2.24) is 15.5 Å². The number of hydrogen-bond acceptors (Lipinski definition) is 8. The lowest BCUT2D eigenvalue weighted by Crippen LogP contribution is -2.37. The van der Waals surface area contributed by atoms with Crippen molar-refractivity contribution >= 4 is 11.6 Å². The summed E-state index contributed by atoms with van der Waals surface area (Å²) in [6, 6.07) is 11.6. The molecule has 0 aliphatic heterocycles. The smallest absolute Gasteiger partial charge is 0.162 e. The predicted octanol–water partition coefficient (Wildman–Crippen LogP) is 1.29. The number of hydrogen-bond donors (Lipinski definition) is 5. The number of hydrazine groups is 1. The number of rotatable bonds is 11. The van der Waals surface area contributed by atoms with Gasteiger partial charge in [0.1, 0.15) is 24.3 Å². The number of anilines is 2. The van der Waals surface area contributed by atoms with Crippen LogP contribution in [0.3, 0.4) is 0 Å². The van der Waals surface area contributed by atoms with E-state index >= 15 is 0 Å². The number of aliphatic hydroxyl groups excluding tert-OH is 1. The molecule has 0 fully saturated rings. The lowest BCUT2D eigenvalue weighted by atomic mass is 10.2. The summed E-state index contributed by atoms with van der Waals surface area (Å²) in [6.45, 7) is 5.54. The standard InChI is InChI=1S/C18H28N6O2/c1-13-5-3-4-6-16(13)26-12-15(25)11-21-14(2)9-10-20-17-7-8-18(22-19)24-23-17/h3-8,14-15,21,25H,9-12,19H2,1-2H3,(H,20,23)(H,22,24). The van der Waals surface area contributed by atoms with Crippen LogP contribution in [0.5, 0.6) is 5.75 Å². The van der Waals surface area contributed by atoms with E-state index in [1.807, 2.05) is 37.3 Å². The number of benzene rings is 1. The summed E-state index contributed by atoms with van der Waals surface area (Å²) in [4.78, 5) is 0. The third-order valence-electron chi connectivity index (χ3n) is 3.92. The van der Waals surface area contributed by atoms with Crippen molar-refractivity contribution in [2.75, 3.05) is 30.4 Å². The summed E-state index contributed by atoms with van der Waals surface area (Å²) in [5.74, 6) is 7.27. The predicted molar refractivity (Wildman–Crippen MR) is 103 cm³/mol. The van der Waals surface area contributed by atoms with E-state index in [2.05, 4.69) is 33.2 Å². The minimum Gasteiger partial charge on any atom is -0.491 e. The molecule has 2 atom stereocenters. The molecule has 1 aromatic carbocycles. The molecule has 0 saturated heterocycles. The van der Waals surface area contributed by atoms with Gasteiger partial charge in [-0.25, -0.2) is 5.84 Å².